The van der Waals surface area contributed by atoms with Crippen molar-refractivity contribution in [3.63, 3.8) is 0 Å². The number of benzene rings is 3. The summed E-state index contributed by atoms with van der Waals surface area (Å²) in [4.78, 5) is 26.4. The Labute approximate surface area is 178 Å². The lowest BCUT2D eigenvalue weighted by Gasteiger charge is -2.15. The van der Waals surface area contributed by atoms with Gasteiger partial charge >= 0.3 is 5.69 Å². The van der Waals surface area contributed by atoms with Crippen molar-refractivity contribution in [1.82, 2.24) is 9.13 Å². The zero-order chi connectivity index (χ0) is 19.8. The lowest BCUT2D eigenvalue weighted by molar-refractivity contribution is 0.714. The van der Waals surface area contributed by atoms with Gasteiger partial charge in [-0.1, -0.05) is 51.3 Å². The number of fused-ring (bicyclic) bond motifs is 1. The van der Waals surface area contributed by atoms with Crippen LogP contribution in [0.25, 0.3) is 16.6 Å². The smallest absolute Gasteiger partial charge is 0.288 e. The highest BCUT2D eigenvalue weighted by atomic mass is 79.9. The van der Waals surface area contributed by atoms with Crippen molar-refractivity contribution < 1.29 is 0 Å². The number of hydrogen-bond acceptors (Lipinski definition) is 2. The van der Waals surface area contributed by atoms with Crippen molar-refractivity contribution in [2.75, 3.05) is 0 Å². The molecule has 0 radical (unpaired) electrons. The molecule has 140 valence electrons. The van der Waals surface area contributed by atoms with Crippen LogP contribution < -0.4 is 11.2 Å². The maximum absolute atomic E-state index is 13.3. The summed E-state index contributed by atoms with van der Waals surface area (Å²) >= 11 is 15.3. The highest BCUT2D eigenvalue weighted by molar-refractivity contribution is 9.10. The van der Waals surface area contributed by atoms with Gasteiger partial charge in [0.2, 0.25) is 0 Å². The van der Waals surface area contributed by atoms with Crippen LogP contribution in [-0.2, 0) is 6.54 Å². The second-order valence-electron chi connectivity index (χ2n) is 6.27. The molecular formula is C21H13BrCl2N2O2. The van der Waals surface area contributed by atoms with Gasteiger partial charge in [0.05, 0.1) is 23.1 Å². The van der Waals surface area contributed by atoms with E-state index in [1.54, 1.807) is 53.1 Å². The normalized spacial score (nSPS) is 11.1. The minimum Gasteiger partial charge on any atom is -0.288 e. The molecule has 0 saturated heterocycles. The second kappa shape index (κ2) is 7.59. The van der Waals surface area contributed by atoms with Gasteiger partial charge in [0.25, 0.3) is 5.56 Å². The molecular weight excluding hydrogens is 463 g/mol. The first-order valence-electron chi connectivity index (χ1n) is 8.39. The average Bonchev–Trinajstić information content (AvgIpc) is 2.68. The van der Waals surface area contributed by atoms with E-state index >= 15 is 0 Å². The zero-order valence-corrected chi connectivity index (χ0v) is 17.5. The summed E-state index contributed by atoms with van der Waals surface area (Å²) in [5.74, 6) is 0. The van der Waals surface area contributed by atoms with Crippen molar-refractivity contribution in [3.8, 4) is 5.69 Å². The molecule has 4 aromatic rings. The molecule has 0 atom stereocenters. The summed E-state index contributed by atoms with van der Waals surface area (Å²) < 4.78 is 3.51. The Balaban J connectivity index is 2.02. The SMILES string of the molecule is O=c1c2cc(Br)ccc2n(Cc2ccc(Cl)cc2)c(=O)n1-c1ccc(Cl)cc1. The van der Waals surface area contributed by atoms with Crippen molar-refractivity contribution in [3.05, 3.63) is 108 Å². The molecule has 0 aliphatic heterocycles. The maximum Gasteiger partial charge on any atom is 0.336 e. The van der Waals surface area contributed by atoms with Crippen LogP contribution in [0.5, 0.6) is 0 Å². The standard InChI is InChI=1S/C21H13BrCl2N2O2/c22-14-3-10-19-18(11-14)20(27)26(17-8-6-16(24)7-9-17)21(28)25(19)12-13-1-4-15(23)5-2-13/h1-11H,12H2. The van der Waals surface area contributed by atoms with Crippen LogP contribution in [0.15, 0.2) is 80.8 Å². The molecule has 0 amide bonds. The lowest BCUT2D eigenvalue weighted by atomic mass is 10.2. The third-order valence-electron chi connectivity index (χ3n) is 4.44. The van der Waals surface area contributed by atoms with Crippen molar-refractivity contribution in [2.24, 2.45) is 0 Å². The Morgan fingerprint density at radius 3 is 2.07 bits per heavy atom. The van der Waals surface area contributed by atoms with Crippen LogP contribution in [0.2, 0.25) is 10.0 Å². The first-order chi connectivity index (χ1) is 13.4. The highest BCUT2D eigenvalue weighted by Crippen LogP contribution is 2.19. The maximum atomic E-state index is 13.3. The highest BCUT2D eigenvalue weighted by Gasteiger charge is 2.15. The number of rotatable bonds is 3. The van der Waals surface area contributed by atoms with Crippen LogP contribution in [0.1, 0.15) is 5.56 Å². The number of aromatic nitrogens is 2. The molecule has 1 aromatic heterocycles. The molecule has 0 bridgehead atoms. The molecule has 0 aliphatic rings. The Hall–Kier alpha value is -2.34. The molecule has 0 aliphatic carbocycles. The Morgan fingerprint density at radius 1 is 0.821 bits per heavy atom. The molecule has 28 heavy (non-hydrogen) atoms. The van der Waals surface area contributed by atoms with E-state index in [0.29, 0.717) is 33.2 Å². The Morgan fingerprint density at radius 2 is 1.43 bits per heavy atom. The minimum atomic E-state index is -0.419. The van der Waals surface area contributed by atoms with Crippen LogP contribution in [0.3, 0.4) is 0 Å². The number of nitrogens with zero attached hydrogens (tertiary/aromatic N) is 2. The summed E-state index contributed by atoms with van der Waals surface area (Å²) in [6.07, 6.45) is 0. The molecule has 3 aromatic carbocycles. The van der Waals surface area contributed by atoms with E-state index < -0.39 is 5.69 Å². The van der Waals surface area contributed by atoms with Gasteiger partial charge in [-0.15, -0.1) is 0 Å². The number of halogens is 3. The molecule has 1 heterocycles. The third kappa shape index (κ3) is 3.53. The molecule has 4 rings (SSSR count). The van der Waals surface area contributed by atoms with E-state index in [1.807, 2.05) is 18.2 Å². The van der Waals surface area contributed by atoms with E-state index in [9.17, 15) is 9.59 Å². The van der Waals surface area contributed by atoms with Crippen LogP contribution in [0.4, 0.5) is 0 Å². The molecule has 0 saturated carbocycles. The third-order valence-corrected chi connectivity index (χ3v) is 5.44. The van der Waals surface area contributed by atoms with E-state index in [-0.39, 0.29) is 5.56 Å². The van der Waals surface area contributed by atoms with E-state index in [4.69, 9.17) is 23.2 Å². The van der Waals surface area contributed by atoms with Gasteiger partial charge in [-0.25, -0.2) is 9.36 Å². The van der Waals surface area contributed by atoms with Crippen molar-refractivity contribution in [2.45, 2.75) is 6.54 Å². The molecule has 0 fully saturated rings. The van der Waals surface area contributed by atoms with Gasteiger partial charge in [-0.05, 0) is 60.2 Å². The molecule has 0 unspecified atom stereocenters. The summed E-state index contributed by atoms with van der Waals surface area (Å²) in [5, 5.41) is 1.59. The van der Waals surface area contributed by atoms with Gasteiger partial charge in [0.15, 0.2) is 0 Å². The summed E-state index contributed by atoms with van der Waals surface area (Å²) in [7, 11) is 0. The molecule has 7 heteroatoms. The predicted molar refractivity (Wildman–Crippen MR) is 117 cm³/mol. The lowest BCUT2D eigenvalue weighted by Crippen LogP contribution is -2.39. The van der Waals surface area contributed by atoms with Crippen LogP contribution >= 0.6 is 39.1 Å². The zero-order valence-electron chi connectivity index (χ0n) is 14.4. The summed E-state index contributed by atoms with van der Waals surface area (Å²) in [6, 6.07) is 19.2. The fourth-order valence-corrected chi connectivity index (χ4v) is 3.70. The van der Waals surface area contributed by atoms with Gasteiger partial charge in [0, 0.05) is 14.5 Å². The van der Waals surface area contributed by atoms with Gasteiger partial charge < -0.3 is 0 Å². The average molecular weight is 476 g/mol. The molecule has 0 N–H and O–H groups in total. The first kappa shape index (κ1) is 19.0. The number of hydrogen-bond donors (Lipinski definition) is 0. The summed E-state index contributed by atoms with van der Waals surface area (Å²) in [6.45, 7) is 0.308. The quantitative estimate of drug-likeness (QED) is 0.405. The van der Waals surface area contributed by atoms with E-state index in [0.717, 1.165) is 10.0 Å². The summed E-state index contributed by atoms with van der Waals surface area (Å²) in [5.41, 5.74) is 1.13. The minimum absolute atomic E-state index is 0.308. The van der Waals surface area contributed by atoms with Gasteiger partial charge in [-0.3, -0.25) is 9.36 Å². The fourth-order valence-electron chi connectivity index (χ4n) is 3.09. The van der Waals surface area contributed by atoms with Gasteiger partial charge in [-0.2, -0.15) is 0 Å². The fraction of sp³-hybridized carbons (Fsp3) is 0.0476. The molecule has 4 nitrogen and oxygen atoms in total. The Kier molecular flexibility index (Phi) is 5.15. The largest absolute Gasteiger partial charge is 0.336 e. The van der Waals surface area contributed by atoms with E-state index in [2.05, 4.69) is 15.9 Å². The van der Waals surface area contributed by atoms with Crippen molar-refractivity contribution >= 4 is 50.0 Å². The predicted octanol–water partition coefficient (Wildman–Crippen LogP) is 5.27. The van der Waals surface area contributed by atoms with Crippen LogP contribution in [-0.4, -0.2) is 9.13 Å². The molecule has 0 spiro atoms. The monoisotopic (exact) mass is 474 g/mol. The van der Waals surface area contributed by atoms with E-state index in [1.165, 1.54) is 4.57 Å². The van der Waals surface area contributed by atoms with Gasteiger partial charge in [0.1, 0.15) is 0 Å². The van der Waals surface area contributed by atoms with Crippen LogP contribution in [0, 0.1) is 0 Å². The first-order valence-corrected chi connectivity index (χ1v) is 9.94. The Bertz CT molecular complexity index is 1290. The topological polar surface area (TPSA) is 44.0 Å². The second-order valence-corrected chi connectivity index (χ2v) is 8.06. The van der Waals surface area contributed by atoms with Crippen molar-refractivity contribution in [1.29, 1.82) is 0 Å².